The van der Waals surface area contributed by atoms with Crippen molar-refractivity contribution in [2.75, 3.05) is 0 Å². The summed E-state index contributed by atoms with van der Waals surface area (Å²) in [5, 5.41) is 13.0. The van der Waals surface area contributed by atoms with Crippen molar-refractivity contribution in [1.29, 1.82) is 0 Å². The van der Waals surface area contributed by atoms with Gasteiger partial charge in [-0.3, -0.25) is 14.4 Å². The number of carboxylic acids is 1. The summed E-state index contributed by atoms with van der Waals surface area (Å²) in [6, 6.07) is 29.8. The summed E-state index contributed by atoms with van der Waals surface area (Å²) in [4.78, 5) is 37.3. The van der Waals surface area contributed by atoms with Gasteiger partial charge in [0.25, 0.3) is 5.91 Å². The van der Waals surface area contributed by atoms with Crippen LogP contribution in [0.15, 0.2) is 97.1 Å². The molecule has 2 atom stereocenters. The number of fused-ring (bicyclic) bond motifs is 1. The molecule has 2 N–H and O–H groups in total. The lowest BCUT2D eigenvalue weighted by molar-refractivity contribution is -0.136. The van der Waals surface area contributed by atoms with Gasteiger partial charge in [0.15, 0.2) is 0 Å². The topological polar surface area (TPSA) is 83.5 Å². The second kappa shape index (κ2) is 11.0. The molecule has 4 aromatic rings. The predicted molar refractivity (Wildman–Crippen MR) is 140 cm³/mol. The maximum Gasteiger partial charge on any atom is 0.317 e. The molecule has 35 heavy (non-hydrogen) atoms. The van der Waals surface area contributed by atoms with Crippen LogP contribution >= 0.6 is 11.8 Å². The number of aliphatic carboxylic acids is 1. The van der Waals surface area contributed by atoms with Crippen molar-refractivity contribution in [3.05, 3.63) is 108 Å². The fourth-order valence-corrected chi connectivity index (χ4v) is 4.69. The molecule has 0 heterocycles. The SMILES string of the molecule is C[C@@H](NC(=O)c1ccc2ccccc2c1)C(=O)S[C@H](Cc1ccc(-c2ccccc2)cc1)C(=O)O. The fourth-order valence-electron chi connectivity index (χ4n) is 3.77. The Morgan fingerprint density at radius 1 is 0.800 bits per heavy atom. The number of thioether (sulfide) groups is 1. The standard InChI is InChI=1S/C29H25NO4S/c1-19(30-27(31)25-16-15-22-9-5-6-10-24(22)18-25)29(34)35-26(28(32)33)17-20-11-13-23(14-12-20)21-7-3-2-4-8-21/h2-16,18-19,26H,17H2,1H3,(H,30,31)(H,32,33)/t19-,26-/m1/s1. The minimum absolute atomic E-state index is 0.201. The van der Waals surface area contributed by atoms with Gasteiger partial charge in [0.1, 0.15) is 5.25 Å². The molecule has 4 aromatic carbocycles. The van der Waals surface area contributed by atoms with Crippen LogP contribution in [0.4, 0.5) is 0 Å². The summed E-state index contributed by atoms with van der Waals surface area (Å²) >= 11 is 0.743. The van der Waals surface area contributed by atoms with Crippen molar-refractivity contribution in [3.63, 3.8) is 0 Å². The Bertz CT molecular complexity index is 1350. The molecule has 4 rings (SSSR count). The number of amides is 1. The molecule has 176 valence electrons. The molecule has 0 aromatic heterocycles. The summed E-state index contributed by atoms with van der Waals surface area (Å²) in [6.07, 6.45) is 0.201. The smallest absolute Gasteiger partial charge is 0.317 e. The maximum atomic E-state index is 12.8. The summed E-state index contributed by atoms with van der Waals surface area (Å²) in [5.74, 6) is -1.44. The quantitative estimate of drug-likeness (QED) is 0.342. The molecule has 0 unspecified atom stereocenters. The lowest BCUT2D eigenvalue weighted by atomic mass is 10.0. The number of carbonyl (C=O) groups excluding carboxylic acids is 2. The highest BCUT2D eigenvalue weighted by Crippen LogP contribution is 2.23. The molecule has 0 fully saturated rings. The highest BCUT2D eigenvalue weighted by molar-refractivity contribution is 8.14. The highest BCUT2D eigenvalue weighted by atomic mass is 32.2. The number of carbonyl (C=O) groups is 3. The minimum atomic E-state index is -1.07. The van der Waals surface area contributed by atoms with E-state index in [2.05, 4.69) is 5.32 Å². The Morgan fingerprint density at radius 3 is 2.11 bits per heavy atom. The van der Waals surface area contributed by atoms with E-state index in [-0.39, 0.29) is 12.3 Å². The molecule has 1 amide bonds. The number of benzene rings is 4. The minimum Gasteiger partial charge on any atom is -0.480 e. The zero-order valence-corrected chi connectivity index (χ0v) is 20.0. The largest absolute Gasteiger partial charge is 0.480 e. The molecule has 0 spiro atoms. The third-order valence-electron chi connectivity index (χ3n) is 5.73. The second-order valence-corrected chi connectivity index (χ2v) is 9.50. The number of rotatable bonds is 8. The molecular weight excluding hydrogens is 458 g/mol. The Kier molecular flexibility index (Phi) is 7.63. The Balaban J connectivity index is 1.37. The van der Waals surface area contributed by atoms with Gasteiger partial charge >= 0.3 is 5.97 Å². The van der Waals surface area contributed by atoms with Gasteiger partial charge in [-0.15, -0.1) is 0 Å². The molecule has 6 heteroatoms. The van der Waals surface area contributed by atoms with Gasteiger partial charge in [-0.1, -0.05) is 96.7 Å². The third-order valence-corrected chi connectivity index (χ3v) is 6.97. The number of hydrogen-bond donors (Lipinski definition) is 2. The number of hydrogen-bond acceptors (Lipinski definition) is 4. The average molecular weight is 484 g/mol. The van der Waals surface area contributed by atoms with Gasteiger partial charge in [0.05, 0.1) is 6.04 Å². The monoisotopic (exact) mass is 483 g/mol. The molecule has 0 aliphatic rings. The Labute approximate surface area is 208 Å². The average Bonchev–Trinajstić information content (AvgIpc) is 2.88. The third kappa shape index (κ3) is 6.16. The van der Waals surface area contributed by atoms with Crippen LogP contribution in [0, 0.1) is 0 Å². The van der Waals surface area contributed by atoms with E-state index in [1.807, 2.05) is 84.9 Å². The molecule has 0 radical (unpaired) electrons. The van der Waals surface area contributed by atoms with Crippen LogP contribution in [0.1, 0.15) is 22.8 Å². The summed E-state index contributed by atoms with van der Waals surface area (Å²) in [7, 11) is 0. The van der Waals surface area contributed by atoms with E-state index in [0.29, 0.717) is 5.56 Å². The van der Waals surface area contributed by atoms with E-state index in [9.17, 15) is 19.5 Å². The van der Waals surface area contributed by atoms with Gasteiger partial charge in [0, 0.05) is 5.56 Å². The van der Waals surface area contributed by atoms with Gasteiger partial charge < -0.3 is 10.4 Å². The zero-order chi connectivity index (χ0) is 24.8. The molecule has 0 saturated carbocycles. The van der Waals surface area contributed by atoms with Crippen molar-refractivity contribution in [2.45, 2.75) is 24.6 Å². The van der Waals surface area contributed by atoms with Crippen LogP contribution in [0.3, 0.4) is 0 Å². The Morgan fingerprint density at radius 2 is 1.43 bits per heavy atom. The number of carboxylic acid groups (broad SMARTS) is 1. The Hall–Kier alpha value is -3.90. The summed E-state index contributed by atoms with van der Waals surface area (Å²) < 4.78 is 0. The molecule has 0 aliphatic heterocycles. The number of nitrogens with one attached hydrogen (secondary N) is 1. The fraction of sp³-hybridized carbons (Fsp3) is 0.138. The highest BCUT2D eigenvalue weighted by Gasteiger charge is 2.26. The predicted octanol–water partition coefficient (Wildman–Crippen LogP) is 5.58. The van der Waals surface area contributed by atoms with E-state index in [4.69, 9.17) is 0 Å². The first-order chi connectivity index (χ1) is 16.9. The van der Waals surface area contributed by atoms with Crippen LogP contribution in [0.2, 0.25) is 0 Å². The van der Waals surface area contributed by atoms with Crippen molar-refractivity contribution < 1.29 is 19.5 Å². The van der Waals surface area contributed by atoms with Crippen molar-refractivity contribution in [2.24, 2.45) is 0 Å². The first-order valence-electron chi connectivity index (χ1n) is 11.3. The van der Waals surface area contributed by atoms with E-state index in [1.54, 1.807) is 19.1 Å². The molecule has 5 nitrogen and oxygen atoms in total. The van der Waals surface area contributed by atoms with E-state index in [0.717, 1.165) is 39.2 Å². The van der Waals surface area contributed by atoms with Gasteiger partial charge in [-0.2, -0.15) is 0 Å². The van der Waals surface area contributed by atoms with Crippen LogP contribution < -0.4 is 5.32 Å². The van der Waals surface area contributed by atoms with Crippen LogP contribution in [-0.2, 0) is 16.0 Å². The first kappa shape index (κ1) is 24.2. The van der Waals surface area contributed by atoms with Crippen molar-refractivity contribution >= 4 is 39.5 Å². The normalized spacial score (nSPS) is 12.6. The van der Waals surface area contributed by atoms with Crippen LogP contribution in [0.25, 0.3) is 21.9 Å². The summed E-state index contributed by atoms with van der Waals surface area (Å²) in [5.41, 5.74) is 3.39. The van der Waals surface area contributed by atoms with Gasteiger partial charge in [-0.25, -0.2) is 0 Å². The second-order valence-electron chi connectivity index (χ2n) is 8.29. The maximum absolute atomic E-state index is 12.8. The van der Waals surface area contributed by atoms with E-state index >= 15 is 0 Å². The molecule has 0 aliphatic carbocycles. The summed E-state index contributed by atoms with van der Waals surface area (Å²) in [6.45, 7) is 1.57. The zero-order valence-electron chi connectivity index (χ0n) is 19.2. The lowest BCUT2D eigenvalue weighted by Gasteiger charge is -2.16. The van der Waals surface area contributed by atoms with Crippen LogP contribution in [0.5, 0.6) is 0 Å². The van der Waals surface area contributed by atoms with Gasteiger partial charge in [0.2, 0.25) is 5.12 Å². The van der Waals surface area contributed by atoms with Crippen molar-refractivity contribution in [3.8, 4) is 11.1 Å². The molecular formula is C29H25NO4S. The van der Waals surface area contributed by atoms with E-state index < -0.39 is 22.4 Å². The lowest BCUT2D eigenvalue weighted by Crippen LogP contribution is -2.38. The molecule has 0 saturated heterocycles. The van der Waals surface area contributed by atoms with Crippen LogP contribution in [-0.4, -0.2) is 33.4 Å². The van der Waals surface area contributed by atoms with E-state index in [1.165, 1.54) is 0 Å². The van der Waals surface area contributed by atoms with Crippen molar-refractivity contribution in [1.82, 2.24) is 5.32 Å². The first-order valence-corrected chi connectivity index (χ1v) is 12.2. The van der Waals surface area contributed by atoms with Gasteiger partial charge in [-0.05, 0) is 52.9 Å². The molecule has 0 bridgehead atoms.